The van der Waals surface area contributed by atoms with Crippen molar-refractivity contribution in [3.63, 3.8) is 0 Å². The number of aryl methyl sites for hydroxylation is 3. The number of benzene rings is 7. The van der Waals surface area contributed by atoms with Gasteiger partial charge in [0.1, 0.15) is 11.2 Å². The van der Waals surface area contributed by atoms with Gasteiger partial charge in [-0.1, -0.05) is 111 Å². The molecule has 0 unspecified atom stereocenters. The van der Waals surface area contributed by atoms with Gasteiger partial charge in [0.05, 0.1) is 5.69 Å². The van der Waals surface area contributed by atoms with Crippen molar-refractivity contribution < 1.29 is 4.42 Å². The lowest BCUT2D eigenvalue weighted by Gasteiger charge is -2.32. The van der Waals surface area contributed by atoms with Crippen molar-refractivity contribution in [1.82, 2.24) is 0 Å². The van der Waals surface area contributed by atoms with E-state index >= 15 is 0 Å². The molecule has 0 bridgehead atoms. The molecule has 0 aliphatic heterocycles. The van der Waals surface area contributed by atoms with Crippen LogP contribution in [0.1, 0.15) is 41.7 Å². The Labute approximate surface area is 294 Å². The summed E-state index contributed by atoms with van der Waals surface area (Å²) < 4.78 is 6.50. The molecule has 7 aromatic carbocycles. The van der Waals surface area contributed by atoms with Crippen LogP contribution >= 0.6 is 0 Å². The number of hydrogen-bond donors (Lipinski definition) is 0. The number of anilines is 3. The Kier molecular flexibility index (Phi) is 6.86. The van der Waals surface area contributed by atoms with Gasteiger partial charge in [-0.3, -0.25) is 0 Å². The van der Waals surface area contributed by atoms with E-state index in [1.54, 1.807) is 0 Å². The van der Waals surface area contributed by atoms with E-state index in [0.717, 1.165) is 33.3 Å². The molecule has 2 heteroatoms. The minimum absolute atomic E-state index is 0.127. The molecule has 0 N–H and O–H groups in total. The van der Waals surface area contributed by atoms with E-state index in [9.17, 15) is 0 Å². The van der Waals surface area contributed by atoms with Crippen molar-refractivity contribution in [2.24, 2.45) is 0 Å². The van der Waals surface area contributed by atoms with Gasteiger partial charge in [0, 0.05) is 39.2 Å². The third kappa shape index (κ3) is 4.63. The van der Waals surface area contributed by atoms with Gasteiger partial charge in [0.15, 0.2) is 0 Å². The minimum atomic E-state index is -0.127. The molecule has 1 aromatic heterocycles. The normalized spacial score (nSPS) is 13.1. The molecule has 0 amide bonds. The number of fused-ring (bicyclic) bond motifs is 6. The summed E-state index contributed by atoms with van der Waals surface area (Å²) in [4.78, 5) is 2.47. The summed E-state index contributed by atoms with van der Waals surface area (Å²) in [5.74, 6) is 0. The van der Waals surface area contributed by atoms with Crippen molar-refractivity contribution in [2.45, 2.75) is 40.0 Å². The number of para-hydroxylation sites is 1. The lowest BCUT2D eigenvalue weighted by Crippen LogP contribution is -2.17. The first-order valence-electron chi connectivity index (χ1n) is 17.5. The number of hydrogen-bond acceptors (Lipinski definition) is 2. The Morgan fingerprint density at radius 3 is 1.94 bits per heavy atom. The summed E-state index contributed by atoms with van der Waals surface area (Å²) in [7, 11) is 0. The van der Waals surface area contributed by atoms with E-state index in [2.05, 4.69) is 179 Å². The van der Waals surface area contributed by atoms with Crippen molar-refractivity contribution in [2.75, 3.05) is 4.90 Å². The van der Waals surface area contributed by atoms with Crippen LogP contribution < -0.4 is 4.90 Å². The smallest absolute Gasteiger partial charge is 0.137 e. The summed E-state index contributed by atoms with van der Waals surface area (Å²) in [5.41, 5.74) is 19.0. The largest absolute Gasteiger partial charge is 0.456 e. The van der Waals surface area contributed by atoms with Crippen molar-refractivity contribution in [3.05, 3.63) is 173 Å². The minimum Gasteiger partial charge on any atom is -0.456 e. The second kappa shape index (κ2) is 11.4. The molecule has 0 spiro atoms. The number of rotatable bonds is 5. The van der Waals surface area contributed by atoms with E-state index in [4.69, 9.17) is 4.42 Å². The summed E-state index contributed by atoms with van der Waals surface area (Å²) in [5, 5.41) is 2.26. The van der Waals surface area contributed by atoms with E-state index in [1.165, 1.54) is 66.9 Å². The van der Waals surface area contributed by atoms with Gasteiger partial charge in [-0.05, 0) is 119 Å². The quantitative estimate of drug-likeness (QED) is 0.185. The van der Waals surface area contributed by atoms with Crippen LogP contribution in [0, 0.1) is 20.8 Å². The first-order valence-corrected chi connectivity index (χ1v) is 17.5. The van der Waals surface area contributed by atoms with Gasteiger partial charge in [0.2, 0.25) is 0 Å². The van der Waals surface area contributed by atoms with Gasteiger partial charge in [-0.15, -0.1) is 0 Å². The zero-order chi connectivity index (χ0) is 34.1. The molecular formula is C48H39NO. The maximum atomic E-state index is 6.50. The van der Waals surface area contributed by atoms with Crippen molar-refractivity contribution in [1.29, 1.82) is 0 Å². The molecule has 1 aliphatic rings. The summed E-state index contributed by atoms with van der Waals surface area (Å²) in [6.07, 6.45) is 0. The molecule has 242 valence electrons. The molecule has 9 rings (SSSR count). The van der Waals surface area contributed by atoms with Crippen LogP contribution in [0.15, 0.2) is 150 Å². The molecule has 0 fully saturated rings. The van der Waals surface area contributed by atoms with Gasteiger partial charge in [-0.25, -0.2) is 0 Å². The molecule has 50 heavy (non-hydrogen) atoms. The fourth-order valence-corrected chi connectivity index (χ4v) is 8.40. The number of nitrogens with zero attached hydrogens (tertiary/aromatic N) is 1. The Bertz CT molecular complexity index is 2580. The fraction of sp³-hybridized carbons (Fsp3) is 0.125. The Morgan fingerprint density at radius 2 is 1.12 bits per heavy atom. The van der Waals surface area contributed by atoms with Crippen LogP contribution in [0.4, 0.5) is 17.1 Å². The van der Waals surface area contributed by atoms with E-state index in [1.807, 2.05) is 6.07 Å². The Hall–Kier alpha value is -5.86. The zero-order valence-corrected chi connectivity index (χ0v) is 29.2. The van der Waals surface area contributed by atoms with E-state index in [0.29, 0.717) is 0 Å². The monoisotopic (exact) mass is 645 g/mol. The molecule has 1 aliphatic carbocycles. The third-order valence-electron chi connectivity index (χ3n) is 10.8. The maximum Gasteiger partial charge on any atom is 0.137 e. The predicted molar refractivity (Wildman–Crippen MR) is 211 cm³/mol. The standard InChI is InChI=1S/C48H39NO/c1-30-14-13-15-31(2)46(30)41-27-34(33-16-7-6-8-17-33)26-32(3)47(41)49(36-23-25-40-39-19-10-12-21-44(39)50-45(40)29-36)35-22-24-38-37-18-9-11-20-42(37)48(4,5)43(38)28-35/h6-29H,1-5H3. The van der Waals surface area contributed by atoms with Crippen molar-refractivity contribution in [3.8, 4) is 33.4 Å². The first-order chi connectivity index (χ1) is 24.3. The van der Waals surface area contributed by atoms with Crippen LogP contribution in [0.2, 0.25) is 0 Å². The summed E-state index contributed by atoms with van der Waals surface area (Å²) in [6.45, 7) is 11.4. The molecule has 8 aromatic rings. The molecular weight excluding hydrogens is 607 g/mol. The third-order valence-corrected chi connectivity index (χ3v) is 10.8. The average molecular weight is 646 g/mol. The lowest BCUT2D eigenvalue weighted by atomic mass is 9.82. The van der Waals surface area contributed by atoms with Crippen molar-refractivity contribution >= 4 is 39.0 Å². The molecule has 0 saturated carbocycles. The highest BCUT2D eigenvalue weighted by atomic mass is 16.3. The second-order valence-corrected chi connectivity index (χ2v) is 14.3. The fourth-order valence-electron chi connectivity index (χ4n) is 8.40. The van der Waals surface area contributed by atoms with Gasteiger partial charge >= 0.3 is 0 Å². The Morgan fingerprint density at radius 1 is 0.460 bits per heavy atom. The highest BCUT2D eigenvalue weighted by Crippen LogP contribution is 2.52. The average Bonchev–Trinajstić information content (AvgIpc) is 3.61. The zero-order valence-electron chi connectivity index (χ0n) is 29.2. The van der Waals surface area contributed by atoms with E-state index in [-0.39, 0.29) is 5.41 Å². The summed E-state index contributed by atoms with van der Waals surface area (Å²) >= 11 is 0. The van der Waals surface area contributed by atoms with Crippen LogP contribution in [-0.4, -0.2) is 0 Å². The number of furan rings is 1. The predicted octanol–water partition coefficient (Wildman–Crippen LogP) is 13.6. The Balaban J connectivity index is 1.35. The highest BCUT2D eigenvalue weighted by Gasteiger charge is 2.36. The highest BCUT2D eigenvalue weighted by molar-refractivity contribution is 6.06. The van der Waals surface area contributed by atoms with Crippen LogP contribution in [0.25, 0.3) is 55.3 Å². The topological polar surface area (TPSA) is 16.4 Å². The maximum absolute atomic E-state index is 6.50. The second-order valence-electron chi connectivity index (χ2n) is 14.3. The molecule has 0 radical (unpaired) electrons. The van der Waals surface area contributed by atoms with Crippen LogP contribution in [0.3, 0.4) is 0 Å². The summed E-state index contributed by atoms with van der Waals surface area (Å²) in [6, 6.07) is 53.1. The van der Waals surface area contributed by atoms with Gasteiger partial charge < -0.3 is 9.32 Å². The molecule has 1 heterocycles. The van der Waals surface area contributed by atoms with Crippen LogP contribution in [-0.2, 0) is 5.41 Å². The van der Waals surface area contributed by atoms with Gasteiger partial charge in [-0.2, -0.15) is 0 Å². The molecule has 0 atom stereocenters. The first kappa shape index (κ1) is 30.2. The van der Waals surface area contributed by atoms with Crippen LogP contribution in [0.5, 0.6) is 0 Å². The lowest BCUT2D eigenvalue weighted by molar-refractivity contribution is 0.660. The molecule has 2 nitrogen and oxygen atoms in total. The van der Waals surface area contributed by atoms with E-state index < -0.39 is 0 Å². The molecule has 0 saturated heterocycles. The SMILES string of the molecule is Cc1cccc(C)c1-c1cc(-c2ccccc2)cc(C)c1N(c1ccc2c(c1)C(C)(C)c1ccccc1-2)c1ccc2c(c1)oc1ccccc12. The van der Waals surface area contributed by atoms with Gasteiger partial charge in [0.25, 0.3) is 0 Å².